The zero-order valence-electron chi connectivity index (χ0n) is 34.1. The van der Waals surface area contributed by atoms with Crippen molar-refractivity contribution in [1.29, 1.82) is 0 Å². The number of hydrogen-bond donors (Lipinski definition) is 0. The Labute approximate surface area is 362 Å². The molecule has 1 aromatic heterocycles. The van der Waals surface area contributed by atoms with Crippen molar-refractivity contribution in [3.05, 3.63) is 255 Å². The molecule has 0 bridgehead atoms. The lowest BCUT2D eigenvalue weighted by Crippen LogP contribution is -2.09. The zero-order valence-corrected chi connectivity index (χ0v) is 34.1. The molecule has 2 nitrogen and oxygen atoms in total. The maximum Gasteiger partial charge on any atom is 0.0547 e. The number of fused-ring (bicyclic) bond motifs is 3. The lowest BCUT2D eigenvalue weighted by Gasteiger charge is -2.26. The summed E-state index contributed by atoms with van der Waals surface area (Å²) in [5, 5.41) is 2.50. The highest BCUT2D eigenvalue weighted by molar-refractivity contribution is 6.10. The van der Waals surface area contributed by atoms with Crippen molar-refractivity contribution in [2.24, 2.45) is 0 Å². The van der Waals surface area contributed by atoms with Gasteiger partial charge in [-0.1, -0.05) is 200 Å². The van der Waals surface area contributed by atoms with Crippen LogP contribution < -0.4 is 4.90 Å². The van der Waals surface area contributed by atoms with E-state index in [1.54, 1.807) is 0 Å². The van der Waals surface area contributed by atoms with Gasteiger partial charge in [-0.25, -0.2) is 0 Å². The molecule has 292 valence electrons. The Morgan fingerprint density at radius 1 is 0.242 bits per heavy atom. The molecular formula is C60H42N2. The number of anilines is 3. The molecule has 0 amide bonds. The van der Waals surface area contributed by atoms with E-state index >= 15 is 0 Å². The quantitative estimate of drug-likeness (QED) is 0.141. The molecule has 0 saturated carbocycles. The Balaban J connectivity index is 0.892. The summed E-state index contributed by atoms with van der Waals surface area (Å²) >= 11 is 0. The van der Waals surface area contributed by atoms with Crippen LogP contribution in [0.1, 0.15) is 0 Å². The van der Waals surface area contributed by atoms with E-state index in [1.165, 1.54) is 77.4 Å². The first-order valence-electron chi connectivity index (χ1n) is 21.3. The fraction of sp³-hybridized carbons (Fsp3) is 0. The molecule has 0 atom stereocenters. The van der Waals surface area contributed by atoms with E-state index in [0.29, 0.717) is 0 Å². The van der Waals surface area contributed by atoms with Crippen LogP contribution in [0.5, 0.6) is 0 Å². The summed E-state index contributed by atoms with van der Waals surface area (Å²) < 4.78 is 2.44. The van der Waals surface area contributed by atoms with Crippen molar-refractivity contribution in [1.82, 2.24) is 4.57 Å². The second-order valence-corrected chi connectivity index (χ2v) is 15.8. The van der Waals surface area contributed by atoms with Crippen LogP contribution in [0.4, 0.5) is 17.1 Å². The molecule has 0 N–H and O–H groups in total. The highest BCUT2D eigenvalue weighted by Gasteiger charge is 2.17. The average Bonchev–Trinajstić information content (AvgIpc) is 3.69. The number of nitrogens with zero attached hydrogens (tertiary/aromatic N) is 2. The monoisotopic (exact) mass is 790 g/mol. The van der Waals surface area contributed by atoms with Crippen LogP contribution in [-0.4, -0.2) is 4.57 Å². The van der Waals surface area contributed by atoms with E-state index in [9.17, 15) is 0 Å². The minimum Gasteiger partial charge on any atom is -0.311 e. The SMILES string of the molecule is c1ccc(-c2ccc(-c3ccc(N(c4ccccc4)c4ccc(-c5ccc(-c6ccccc6-n6c7ccccc7c7ccc(-c8ccccc8)cc76)cc5)cc4)cc3)cc2)cc1. The lowest BCUT2D eigenvalue weighted by atomic mass is 9.98. The zero-order chi connectivity index (χ0) is 41.2. The molecule has 62 heavy (non-hydrogen) atoms. The molecule has 1 heterocycles. The normalized spacial score (nSPS) is 11.2. The predicted molar refractivity (Wildman–Crippen MR) is 263 cm³/mol. The predicted octanol–water partition coefficient (Wildman–Crippen LogP) is 16.6. The summed E-state index contributed by atoms with van der Waals surface area (Å²) in [6, 6.07) is 91.9. The second kappa shape index (κ2) is 16.1. The summed E-state index contributed by atoms with van der Waals surface area (Å²) in [6.07, 6.45) is 0. The first-order chi connectivity index (χ1) is 30.7. The third-order valence-electron chi connectivity index (χ3n) is 12.0. The molecule has 0 radical (unpaired) electrons. The van der Waals surface area contributed by atoms with Gasteiger partial charge in [0.2, 0.25) is 0 Å². The van der Waals surface area contributed by atoms with E-state index in [4.69, 9.17) is 0 Å². The summed E-state index contributed by atoms with van der Waals surface area (Å²) in [7, 11) is 0. The molecule has 0 spiro atoms. The van der Waals surface area contributed by atoms with Gasteiger partial charge in [0.15, 0.2) is 0 Å². The Hall–Kier alpha value is -8.20. The van der Waals surface area contributed by atoms with Crippen LogP contribution in [0.2, 0.25) is 0 Å². The molecule has 0 aliphatic rings. The largest absolute Gasteiger partial charge is 0.311 e. The minimum absolute atomic E-state index is 1.10. The summed E-state index contributed by atoms with van der Waals surface area (Å²) in [5.74, 6) is 0. The van der Waals surface area contributed by atoms with Gasteiger partial charge in [0.25, 0.3) is 0 Å². The highest BCUT2D eigenvalue weighted by Crippen LogP contribution is 2.40. The third kappa shape index (κ3) is 6.94. The van der Waals surface area contributed by atoms with Crippen molar-refractivity contribution < 1.29 is 0 Å². The van der Waals surface area contributed by atoms with Crippen LogP contribution in [0, 0.1) is 0 Å². The number of para-hydroxylation sites is 3. The van der Waals surface area contributed by atoms with Gasteiger partial charge in [-0.2, -0.15) is 0 Å². The number of hydrogen-bond acceptors (Lipinski definition) is 1. The van der Waals surface area contributed by atoms with Gasteiger partial charge in [0.05, 0.1) is 16.7 Å². The van der Waals surface area contributed by atoms with Gasteiger partial charge < -0.3 is 9.47 Å². The van der Waals surface area contributed by atoms with Gasteiger partial charge >= 0.3 is 0 Å². The van der Waals surface area contributed by atoms with E-state index < -0.39 is 0 Å². The van der Waals surface area contributed by atoms with Crippen LogP contribution in [-0.2, 0) is 0 Å². The molecule has 0 aliphatic heterocycles. The van der Waals surface area contributed by atoms with E-state index in [-0.39, 0.29) is 0 Å². The van der Waals surface area contributed by atoms with Crippen molar-refractivity contribution in [2.45, 2.75) is 0 Å². The molecular weight excluding hydrogens is 749 g/mol. The van der Waals surface area contributed by atoms with Crippen molar-refractivity contribution in [2.75, 3.05) is 4.90 Å². The maximum absolute atomic E-state index is 2.44. The van der Waals surface area contributed by atoms with E-state index in [1.807, 2.05) is 0 Å². The lowest BCUT2D eigenvalue weighted by molar-refractivity contribution is 1.18. The number of benzene rings is 10. The topological polar surface area (TPSA) is 8.17 Å². The van der Waals surface area contributed by atoms with E-state index in [0.717, 1.165) is 22.7 Å². The smallest absolute Gasteiger partial charge is 0.0547 e. The van der Waals surface area contributed by atoms with Gasteiger partial charge in [0, 0.05) is 33.4 Å². The van der Waals surface area contributed by atoms with Gasteiger partial charge in [-0.15, -0.1) is 0 Å². The molecule has 10 aromatic carbocycles. The van der Waals surface area contributed by atoms with Crippen LogP contribution in [0.15, 0.2) is 255 Å². The molecule has 0 aliphatic carbocycles. The van der Waals surface area contributed by atoms with Crippen LogP contribution in [0.3, 0.4) is 0 Å². The molecule has 11 rings (SSSR count). The molecule has 0 saturated heterocycles. The number of aromatic nitrogens is 1. The molecule has 0 unspecified atom stereocenters. The standard InChI is InChI=1S/C60H42N2/c1-4-14-43(15-5-1)45-24-26-46(27-25-45)48-32-37-53(38-33-48)61(52-18-8-3-9-19-52)54-39-34-49(35-40-54)47-28-30-50(31-29-47)55-20-10-12-22-58(55)62-59-23-13-11-21-56(59)57-41-36-51(42-60(57)62)44-16-6-2-7-17-44/h1-42H. The fourth-order valence-electron chi connectivity index (χ4n) is 8.91. The molecule has 11 aromatic rings. The molecule has 2 heteroatoms. The van der Waals surface area contributed by atoms with E-state index in [2.05, 4.69) is 264 Å². The first-order valence-corrected chi connectivity index (χ1v) is 21.3. The Bertz CT molecular complexity index is 3280. The minimum atomic E-state index is 1.10. The van der Waals surface area contributed by atoms with Crippen molar-refractivity contribution >= 4 is 38.9 Å². The Morgan fingerprint density at radius 2 is 0.613 bits per heavy atom. The fourth-order valence-corrected chi connectivity index (χ4v) is 8.91. The first kappa shape index (κ1) is 36.8. The Morgan fingerprint density at radius 3 is 1.18 bits per heavy atom. The van der Waals surface area contributed by atoms with Crippen LogP contribution in [0.25, 0.3) is 83.1 Å². The maximum atomic E-state index is 2.44. The van der Waals surface area contributed by atoms with Crippen molar-refractivity contribution in [3.63, 3.8) is 0 Å². The van der Waals surface area contributed by atoms with Gasteiger partial charge in [0.1, 0.15) is 0 Å². The summed E-state index contributed by atoms with van der Waals surface area (Å²) in [4.78, 5) is 2.32. The second-order valence-electron chi connectivity index (χ2n) is 15.8. The van der Waals surface area contributed by atoms with Gasteiger partial charge in [-0.3, -0.25) is 0 Å². The number of rotatable bonds is 9. The summed E-state index contributed by atoms with van der Waals surface area (Å²) in [6.45, 7) is 0. The van der Waals surface area contributed by atoms with Gasteiger partial charge in [-0.05, 0) is 105 Å². The highest BCUT2D eigenvalue weighted by atomic mass is 15.1. The van der Waals surface area contributed by atoms with Crippen LogP contribution >= 0.6 is 0 Å². The van der Waals surface area contributed by atoms with Crippen molar-refractivity contribution in [3.8, 4) is 61.3 Å². The summed E-state index contributed by atoms with van der Waals surface area (Å²) in [5.41, 5.74) is 18.9. The Kier molecular flexibility index (Phi) is 9.57. The third-order valence-corrected chi connectivity index (χ3v) is 12.0. The molecule has 0 fully saturated rings. The average molecular weight is 791 g/mol.